The van der Waals surface area contributed by atoms with Crippen molar-refractivity contribution in [2.75, 3.05) is 0 Å². The third kappa shape index (κ3) is 9.06. The molecule has 0 aliphatic rings. The van der Waals surface area contributed by atoms with Gasteiger partial charge in [0.1, 0.15) is 0 Å². The van der Waals surface area contributed by atoms with Gasteiger partial charge in [-0.05, 0) is 0 Å². The number of hydrogen-bond acceptors (Lipinski definition) is 11. The van der Waals surface area contributed by atoms with Crippen molar-refractivity contribution in [2.45, 2.75) is 38.9 Å². The zero-order valence-electron chi connectivity index (χ0n) is 12.1. The lowest BCUT2D eigenvalue weighted by Crippen LogP contribution is -2.31. The van der Waals surface area contributed by atoms with Gasteiger partial charge in [0.25, 0.3) is 0 Å². The molecule has 0 spiro atoms. The minimum Gasteiger partial charge on any atom is -0.393 e. The van der Waals surface area contributed by atoms with Gasteiger partial charge >= 0.3 is 35.8 Å². The normalized spacial score (nSPS) is 12.5. The summed E-state index contributed by atoms with van der Waals surface area (Å²) < 4.78 is 12.1. The maximum atomic E-state index is 11.2. The molecule has 0 amide bonds. The standard InChI is InChI=1S/C12H14O11/c1-5(13)21-11(19)7(15)3-9(17)23-10(18)4-8(16)12(20)22-6(2)14/h7-8,15-16H,3-4H2,1-2H3. The summed E-state index contributed by atoms with van der Waals surface area (Å²) in [5.74, 6) is -7.57. The first-order valence-electron chi connectivity index (χ1n) is 6.07. The molecular formula is C12H14O11. The molecule has 0 aromatic carbocycles. The quantitative estimate of drug-likeness (QED) is 0.305. The largest absolute Gasteiger partial charge is 0.393 e. The topological polar surface area (TPSA) is 171 Å². The van der Waals surface area contributed by atoms with Gasteiger partial charge in [0, 0.05) is 13.8 Å². The van der Waals surface area contributed by atoms with Crippen molar-refractivity contribution in [3.8, 4) is 0 Å². The Morgan fingerprint density at radius 3 is 1.26 bits per heavy atom. The smallest absolute Gasteiger partial charge is 0.343 e. The molecule has 0 heterocycles. The maximum Gasteiger partial charge on any atom is 0.343 e. The predicted molar refractivity (Wildman–Crippen MR) is 65.9 cm³/mol. The van der Waals surface area contributed by atoms with Crippen LogP contribution in [0.2, 0.25) is 0 Å². The van der Waals surface area contributed by atoms with Crippen LogP contribution in [0.4, 0.5) is 0 Å². The number of ether oxygens (including phenoxy) is 3. The summed E-state index contributed by atoms with van der Waals surface area (Å²) in [4.78, 5) is 65.4. The Bertz CT molecular complexity index is 475. The second kappa shape index (κ2) is 9.38. The summed E-state index contributed by atoms with van der Waals surface area (Å²) in [7, 11) is 0. The van der Waals surface area contributed by atoms with E-state index in [9.17, 15) is 39.0 Å². The van der Waals surface area contributed by atoms with Crippen molar-refractivity contribution in [3.63, 3.8) is 0 Å². The van der Waals surface area contributed by atoms with Crippen LogP contribution in [0.25, 0.3) is 0 Å². The molecule has 11 heteroatoms. The maximum absolute atomic E-state index is 11.2. The SMILES string of the molecule is CC(=O)OC(=O)C(O)CC(=O)OC(=O)CC(O)C(=O)OC(C)=O. The van der Waals surface area contributed by atoms with Crippen molar-refractivity contribution < 1.29 is 53.2 Å². The summed E-state index contributed by atoms with van der Waals surface area (Å²) >= 11 is 0. The molecule has 0 aromatic heterocycles. The van der Waals surface area contributed by atoms with Crippen LogP contribution in [0.5, 0.6) is 0 Å². The van der Waals surface area contributed by atoms with Crippen LogP contribution in [0, 0.1) is 0 Å². The molecule has 0 rings (SSSR count). The summed E-state index contributed by atoms with van der Waals surface area (Å²) in [5.41, 5.74) is 0. The average molecular weight is 334 g/mol. The fourth-order valence-corrected chi connectivity index (χ4v) is 1.11. The van der Waals surface area contributed by atoms with Crippen LogP contribution in [0.15, 0.2) is 0 Å². The van der Waals surface area contributed by atoms with Gasteiger partial charge in [-0.25, -0.2) is 9.59 Å². The Kier molecular flexibility index (Phi) is 8.29. The van der Waals surface area contributed by atoms with E-state index < -0.39 is 60.9 Å². The molecule has 0 fully saturated rings. The van der Waals surface area contributed by atoms with E-state index in [1.165, 1.54) is 0 Å². The van der Waals surface area contributed by atoms with E-state index in [0.29, 0.717) is 0 Å². The van der Waals surface area contributed by atoms with Crippen LogP contribution in [-0.4, -0.2) is 58.2 Å². The third-order valence-electron chi connectivity index (χ3n) is 1.98. The van der Waals surface area contributed by atoms with Gasteiger partial charge in [0.05, 0.1) is 12.8 Å². The Morgan fingerprint density at radius 2 is 1.00 bits per heavy atom. The highest BCUT2D eigenvalue weighted by Gasteiger charge is 2.27. The minimum absolute atomic E-state index is 0.897. The van der Waals surface area contributed by atoms with Crippen LogP contribution >= 0.6 is 0 Å². The number of carbonyl (C=O) groups is 6. The first-order valence-corrected chi connectivity index (χ1v) is 6.07. The van der Waals surface area contributed by atoms with Gasteiger partial charge in [-0.2, -0.15) is 0 Å². The molecule has 0 radical (unpaired) electrons. The van der Waals surface area contributed by atoms with Crippen LogP contribution in [0.1, 0.15) is 26.7 Å². The minimum atomic E-state index is -2.04. The number of carbonyl (C=O) groups excluding carboxylic acids is 6. The summed E-state index contributed by atoms with van der Waals surface area (Å²) in [5, 5.41) is 18.4. The molecule has 2 N–H and O–H groups in total. The first-order chi connectivity index (χ1) is 10.5. The van der Waals surface area contributed by atoms with E-state index in [-0.39, 0.29) is 0 Å². The molecule has 0 aliphatic carbocycles. The van der Waals surface area contributed by atoms with Crippen LogP contribution in [-0.2, 0) is 43.0 Å². The zero-order valence-corrected chi connectivity index (χ0v) is 12.1. The highest BCUT2D eigenvalue weighted by molar-refractivity contribution is 5.93. The van der Waals surface area contributed by atoms with Crippen molar-refractivity contribution in [2.24, 2.45) is 0 Å². The summed E-state index contributed by atoms with van der Waals surface area (Å²) in [6, 6.07) is 0. The van der Waals surface area contributed by atoms with Gasteiger partial charge in [0.2, 0.25) is 0 Å². The highest BCUT2D eigenvalue weighted by atomic mass is 16.6. The monoisotopic (exact) mass is 334 g/mol. The molecule has 0 aliphatic heterocycles. The molecule has 2 atom stereocenters. The molecule has 0 bridgehead atoms. The highest BCUT2D eigenvalue weighted by Crippen LogP contribution is 2.03. The lowest BCUT2D eigenvalue weighted by atomic mass is 10.2. The van der Waals surface area contributed by atoms with E-state index in [4.69, 9.17) is 0 Å². The fraction of sp³-hybridized carbons (Fsp3) is 0.500. The molecule has 0 saturated carbocycles. The zero-order chi connectivity index (χ0) is 18.2. The lowest BCUT2D eigenvalue weighted by Gasteiger charge is -2.09. The Balaban J connectivity index is 4.32. The second-order valence-corrected chi connectivity index (χ2v) is 4.11. The van der Waals surface area contributed by atoms with E-state index >= 15 is 0 Å². The van der Waals surface area contributed by atoms with E-state index in [0.717, 1.165) is 13.8 Å². The number of esters is 6. The van der Waals surface area contributed by atoms with Gasteiger partial charge in [-0.3, -0.25) is 19.2 Å². The van der Waals surface area contributed by atoms with Gasteiger partial charge in [-0.15, -0.1) is 0 Å². The van der Waals surface area contributed by atoms with E-state index in [1.54, 1.807) is 0 Å². The van der Waals surface area contributed by atoms with Crippen molar-refractivity contribution in [1.82, 2.24) is 0 Å². The fourth-order valence-electron chi connectivity index (χ4n) is 1.11. The predicted octanol–water partition coefficient (Wildman–Crippen LogP) is -2.26. The van der Waals surface area contributed by atoms with Crippen LogP contribution < -0.4 is 0 Å². The average Bonchev–Trinajstić information content (AvgIpc) is 2.36. The Labute approximate surface area is 129 Å². The van der Waals surface area contributed by atoms with Crippen molar-refractivity contribution in [1.29, 1.82) is 0 Å². The second-order valence-electron chi connectivity index (χ2n) is 4.11. The third-order valence-corrected chi connectivity index (χ3v) is 1.98. The van der Waals surface area contributed by atoms with Crippen LogP contribution in [0.3, 0.4) is 0 Å². The number of aliphatic hydroxyl groups is 2. The van der Waals surface area contributed by atoms with Gasteiger partial charge in [-0.1, -0.05) is 0 Å². The molecule has 0 saturated heterocycles. The summed E-state index contributed by atoms with van der Waals surface area (Å²) in [6.07, 6.45) is -6.06. The van der Waals surface area contributed by atoms with Crippen molar-refractivity contribution in [3.05, 3.63) is 0 Å². The molecule has 0 aromatic rings. The van der Waals surface area contributed by atoms with Gasteiger partial charge < -0.3 is 24.4 Å². The Morgan fingerprint density at radius 1 is 0.696 bits per heavy atom. The molecule has 23 heavy (non-hydrogen) atoms. The number of hydrogen-bond donors (Lipinski definition) is 2. The number of rotatable bonds is 6. The Hall–Kier alpha value is -2.66. The summed E-state index contributed by atoms with van der Waals surface area (Å²) in [6.45, 7) is 1.79. The molecule has 11 nitrogen and oxygen atoms in total. The van der Waals surface area contributed by atoms with Crippen molar-refractivity contribution >= 4 is 35.8 Å². The first kappa shape index (κ1) is 20.3. The van der Waals surface area contributed by atoms with Gasteiger partial charge in [0.15, 0.2) is 12.2 Å². The molecule has 128 valence electrons. The van der Waals surface area contributed by atoms with E-state index in [2.05, 4.69) is 14.2 Å². The molecule has 2 unspecified atom stereocenters. The molecular weight excluding hydrogens is 320 g/mol. The number of aliphatic hydroxyl groups excluding tert-OH is 2. The van der Waals surface area contributed by atoms with E-state index in [1.807, 2.05) is 0 Å². The lowest BCUT2D eigenvalue weighted by molar-refractivity contribution is -0.173.